The summed E-state index contributed by atoms with van der Waals surface area (Å²) in [6, 6.07) is 9.50. The lowest BCUT2D eigenvalue weighted by Crippen LogP contribution is -2.25. The second-order valence-corrected chi connectivity index (χ2v) is 9.58. The molecule has 0 radical (unpaired) electrons. The molecule has 1 aromatic carbocycles. The number of hydrogen-bond acceptors (Lipinski definition) is 0. The van der Waals surface area contributed by atoms with Gasteiger partial charge in [0, 0.05) is 0 Å². The summed E-state index contributed by atoms with van der Waals surface area (Å²) in [4.78, 5) is 0. The molecule has 0 N–H and O–H groups in total. The van der Waals surface area contributed by atoms with Crippen molar-refractivity contribution < 1.29 is 8.78 Å². The fourth-order valence-electron chi connectivity index (χ4n) is 5.74. The number of benzene rings is 1. The van der Waals surface area contributed by atoms with Crippen LogP contribution in [0.15, 0.2) is 36.4 Å². The second-order valence-electron chi connectivity index (χ2n) is 9.58. The van der Waals surface area contributed by atoms with Crippen molar-refractivity contribution in [3.63, 3.8) is 0 Å². The largest absolute Gasteiger partial charge is 0.257 e. The Kier molecular flexibility index (Phi) is 9.21. The minimum absolute atomic E-state index is 0.760. The van der Waals surface area contributed by atoms with Crippen LogP contribution in [0.5, 0.6) is 0 Å². The van der Waals surface area contributed by atoms with Crippen LogP contribution in [0.3, 0.4) is 0 Å². The molecule has 2 aliphatic rings. The summed E-state index contributed by atoms with van der Waals surface area (Å²) in [5, 5.41) is 0. The van der Waals surface area contributed by atoms with Crippen molar-refractivity contribution in [1.82, 2.24) is 0 Å². The Bertz CT molecular complexity index is 587. The van der Waals surface area contributed by atoms with Crippen LogP contribution in [0.4, 0.5) is 8.78 Å². The zero-order valence-electron chi connectivity index (χ0n) is 18.3. The number of unbranched alkanes of at least 4 members (excludes halogenated alkanes) is 1. The van der Waals surface area contributed by atoms with Gasteiger partial charge in [-0.1, -0.05) is 56.5 Å². The van der Waals surface area contributed by atoms with Crippen LogP contribution >= 0.6 is 0 Å². The Hall–Kier alpha value is -1.18. The third-order valence-electron chi connectivity index (χ3n) is 7.62. The van der Waals surface area contributed by atoms with Crippen molar-refractivity contribution in [1.29, 1.82) is 0 Å². The minimum Gasteiger partial charge on any atom is -0.206 e. The average molecular weight is 403 g/mol. The highest BCUT2D eigenvalue weighted by atomic mass is 19.3. The number of aryl methyl sites for hydroxylation is 1. The Morgan fingerprint density at radius 3 is 2.10 bits per heavy atom. The van der Waals surface area contributed by atoms with Crippen LogP contribution in [0.1, 0.15) is 101 Å². The molecule has 2 heteroatoms. The van der Waals surface area contributed by atoms with Crippen LogP contribution in [0.25, 0.3) is 0 Å². The molecule has 0 unspecified atom stereocenters. The van der Waals surface area contributed by atoms with Crippen molar-refractivity contribution in [3.05, 3.63) is 47.5 Å². The molecule has 0 heterocycles. The van der Waals surface area contributed by atoms with E-state index in [1.807, 2.05) is 0 Å². The van der Waals surface area contributed by atoms with Crippen molar-refractivity contribution in [2.45, 2.75) is 103 Å². The van der Waals surface area contributed by atoms with Crippen molar-refractivity contribution in [2.24, 2.45) is 17.8 Å². The molecule has 0 spiro atoms. The van der Waals surface area contributed by atoms with Gasteiger partial charge in [-0.2, -0.15) is 0 Å². The van der Waals surface area contributed by atoms with E-state index in [0.29, 0.717) is 0 Å². The normalized spacial score (nSPS) is 28.3. The van der Waals surface area contributed by atoms with Crippen molar-refractivity contribution in [2.75, 3.05) is 0 Å². The van der Waals surface area contributed by atoms with E-state index in [2.05, 4.69) is 31.2 Å². The summed E-state index contributed by atoms with van der Waals surface area (Å²) >= 11 is 0. The van der Waals surface area contributed by atoms with Crippen LogP contribution < -0.4 is 0 Å². The molecule has 0 saturated heterocycles. The number of hydrogen-bond donors (Lipinski definition) is 0. The van der Waals surface area contributed by atoms with Crippen LogP contribution in [-0.4, -0.2) is 6.43 Å². The van der Waals surface area contributed by atoms with Gasteiger partial charge in [0.05, 0.1) is 0 Å². The summed E-state index contributed by atoms with van der Waals surface area (Å²) in [5.74, 6) is 3.37. The van der Waals surface area contributed by atoms with Gasteiger partial charge in [-0.3, -0.25) is 0 Å². The van der Waals surface area contributed by atoms with Crippen molar-refractivity contribution >= 4 is 0 Å². The smallest absolute Gasteiger partial charge is 0.206 e. The summed E-state index contributed by atoms with van der Waals surface area (Å²) in [6.45, 7) is 2.26. The molecule has 0 amide bonds. The third-order valence-corrected chi connectivity index (χ3v) is 7.62. The van der Waals surface area contributed by atoms with E-state index < -0.39 is 6.43 Å². The van der Waals surface area contributed by atoms with E-state index in [1.54, 1.807) is 11.6 Å². The van der Waals surface area contributed by atoms with Gasteiger partial charge in [0.25, 0.3) is 6.43 Å². The van der Waals surface area contributed by atoms with E-state index in [-0.39, 0.29) is 0 Å². The summed E-state index contributed by atoms with van der Waals surface area (Å²) < 4.78 is 24.3. The van der Waals surface area contributed by atoms with Gasteiger partial charge in [0.1, 0.15) is 0 Å². The van der Waals surface area contributed by atoms with Gasteiger partial charge in [-0.05, 0) is 105 Å². The zero-order chi connectivity index (χ0) is 20.5. The highest BCUT2D eigenvalue weighted by Gasteiger charge is 2.31. The number of allylic oxidation sites excluding steroid dienone is 2. The van der Waals surface area contributed by atoms with E-state index in [0.717, 1.165) is 42.6 Å². The third kappa shape index (κ3) is 7.23. The van der Waals surface area contributed by atoms with E-state index in [4.69, 9.17) is 0 Å². The fraction of sp³-hybridized carbons (Fsp3) is 0.704. The zero-order valence-corrected chi connectivity index (χ0v) is 18.3. The SMILES string of the molecule is CCCCc1ccc(C2CCC(C3CCC(CCC=CC(F)F)CC3)CC2)cc1. The molecule has 2 aliphatic carbocycles. The van der Waals surface area contributed by atoms with Gasteiger partial charge in [0.2, 0.25) is 0 Å². The Morgan fingerprint density at radius 1 is 0.897 bits per heavy atom. The minimum atomic E-state index is -2.29. The molecule has 3 rings (SSSR count). The highest BCUT2D eigenvalue weighted by molar-refractivity contribution is 5.26. The monoisotopic (exact) mass is 402 g/mol. The molecular formula is C27H40F2. The second kappa shape index (κ2) is 11.9. The quantitative estimate of drug-likeness (QED) is 0.362. The first-order valence-electron chi connectivity index (χ1n) is 12.2. The first-order chi connectivity index (χ1) is 14.2. The van der Waals surface area contributed by atoms with Gasteiger partial charge in [0.15, 0.2) is 0 Å². The molecule has 29 heavy (non-hydrogen) atoms. The molecule has 0 aliphatic heterocycles. The van der Waals surface area contributed by atoms with Crippen LogP contribution in [0, 0.1) is 17.8 Å². The van der Waals surface area contributed by atoms with Crippen LogP contribution in [-0.2, 0) is 6.42 Å². The predicted molar refractivity (Wildman–Crippen MR) is 120 cm³/mol. The lowest BCUT2D eigenvalue weighted by atomic mass is 9.68. The van der Waals surface area contributed by atoms with E-state index in [9.17, 15) is 8.78 Å². The van der Waals surface area contributed by atoms with E-state index in [1.165, 1.54) is 76.2 Å². The van der Waals surface area contributed by atoms with Gasteiger partial charge >= 0.3 is 0 Å². The summed E-state index contributed by atoms with van der Waals surface area (Å²) in [6.07, 6.45) is 17.0. The molecule has 2 saturated carbocycles. The molecule has 1 aromatic rings. The molecule has 0 aromatic heterocycles. The van der Waals surface area contributed by atoms with E-state index >= 15 is 0 Å². The summed E-state index contributed by atoms with van der Waals surface area (Å²) in [7, 11) is 0. The Morgan fingerprint density at radius 2 is 1.52 bits per heavy atom. The molecule has 2 fully saturated rings. The fourth-order valence-corrected chi connectivity index (χ4v) is 5.74. The Labute approximate surface area is 177 Å². The van der Waals surface area contributed by atoms with Crippen molar-refractivity contribution in [3.8, 4) is 0 Å². The lowest BCUT2D eigenvalue weighted by molar-refractivity contribution is 0.157. The van der Waals surface area contributed by atoms with Gasteiger partial charge < -0.3 is 0 Å². The molecule has 0 bridgehead atoms. The highest BCUT2D eigenvalue weighted by Crippen LogP contribution is 2.44. The summed E-state index contributed by atoms with van der Waals surface area (Å²) in [5.41, 5.74) is 3.05. The maximum absolute atomic E-state index is 12.2. The van der Waals surface area contributed by atoms with Gasteiger partial charge in [-0.15, -0.1) is 0 Å². The first-order valence-corrected chi connectivity index (χ1v) is 12.2. The number of halogens is 2. The van der Waals surface area contributed by atoms with Gasteiger partial charge in [-0.25, -0.2) is 8.78 Å². The average Bonchev–Trinajstić information content (AvgIpc) is 2.76. The first kappa shape index (κ1) is 22.5. The molecule has 162 valence electrons. The molecular weight excluding hydrogens is 362 g/mol. The van der Waals surface area contributed by atoms with Crippen LogP contribution in [0.2, 0.25) is 0 Å². The number of rotatable bonds is 9. The Balaban J connectivity index is 1.37. The maximum atomic E-state index is 12.2. The standard InChI is InChI=1S/C27H40F2/c1-2-3-6-21-9-13-23(14-10-21)25-17-19-26(20-18-25)24-15-11-22(12-16-24)7-4-5-8-27(28)29/h5,8-10,13-14,22,24-27H,2-4,6-7,11-12,15-20H2,1H3. The maximum Gasteiger partial charge on any atom is 0.257 e. The predicted octanol–water partition coefficient (Wildman–Crippen LogP) is 8.71. The lowest BCUT2D eigenvalue weighted by Gasteiger charge is -2.38. The number of alkyl halides is 2. The topological polar surface area (TPSA) is 0 Å². The molecule has 0 atom stereocenters. The molecule has 0 nitrogen and oxygen atoms in total.